The van der Waals surface area contributed by atoms with Crippen LogP contribution < -0.4 is 5.32 Å². The Hall–Kier alpha value is -2.73. The molecule has 1 unspecified atom stereocenters. The Bertz CT molecular complexity index is 950. The van der Waals surface area contributed by atoms with Crippen molar-refractivity contribution in [2.45, 2.75) is 45.2 Å². The largest absolute Gasteiger partial charge is 0.351 e. The molecule has 0 aromatic heterocycles. The third-order valence-corrected chi connectivity index (χ3v) is 6.73. The molecule has 1 heterocycles. The number of aryl methyl sites for hydroxylation is 1. The molecule has 32 heavy (non-hydrogen) atoms. The van der Waals surface area contributed by atoms with Crippen LogP contribution in [-0.2, 0) is 11.3 Å². The Balaban J connectivity index is 1.39. The summed E-state index contributed by atoms with van der Waals surface area (Å²) < 4.78 is 13.5. The summed E-state index contributed by atoms with van der Waals surface area (Å²) >= 11 is 0. The predicted octanol–water partition coefficient (Wildman–Crippen LogP) is 3.77. The lowest BCUT2D eigenvalue weighted by atomic mass is 9.94. The number of hydrogen-bond acceptors (Lipinski definition) is 3. The molecule has 2 fully saturated rings. The minimum Gasteiger partial charge on any atom is -0.351 e. The smallest absolute Gasteiger partial charge is 0.254 e. The van der Waals surface area contributed by atoms with Crippen molar-refractivity contribution >= 4 is 11.8 Å². The van der Waals surface area contributed by atoms with Gasteiger partial charge in [0.25, 0.3) is 5.91 Å². The average Bonchev–Trinajstić information content (AvgIpc) is 3.32. The van der Waals surface area contributed by atoms with E-state index in [-0.39, 0.29) is 17.9 Å². The fourth-order valence-corrected chi connectivity index (χ4v) is 5.07. The van der Waals surface area contributed by atoms with Crippen LogP contribution in [0, 0.1) is 18.7 Å². The molecule has 6 heteroatoms. The highest BCUT2D eigenvalue weighted by Crippen LogP contribution is 2.31. The van der Waals surface area contributed by atoms with Gasteiger partial charge in [-0.15, -0.1) is 0 Å². The van der Waals surface area contributed by atoms with Crippen molar-refractivity contribution in [2.75, 3.05) is 26.2 Å². The van der Waals surface area contributed by atoms with Gasteiger partial charge in [-0.3, -0.25) is 14.5 Å². The van der Waals surface area contributed by atoms with Gasteiger partial charge in [0.15, 0.2) is 0 Å². The molecule has 4 rings (SSSR count). The van der Waals surface area contributed by atoms with Crippen LogP contribution in [0.3, 0.4) is 0 Å². The first-order valence-corrected chi connectivity index (χ1v) is 11.6. The molecule has 1 saturated heterocycles. The van der Waals surface area contributed by atoms with Crippen molar-refractivity contribution in [3.05, 3.63) is 71.0 Å². The number of nitrogens with zero attached hydrogens (tertiary/aromatic N) is 2. The lowest BCUT2D eigenvalue weighted by Crippen LogP contribution is -2.57. The molecular formula is C26H32FN3O2. The van der Waals surface area contributed by atoms with E-state index in [4.69, 9.17) is 0 Å². The molecule has 5 nitrogen and oxygen atoms in total. The van der Waals surface area contributed by atoms with Gasteiger partial charge >= 0.3 is 0 Å². The van der Waals surface area contributed by atoms with Gasteiger partial charge in [0, 0.05) is 38.3 Å². The number of nitrogens with one attached hydrogen (secondary N) is 1. The van der Waals surface area contributed by atoms with Gasteiger partial charge in [-0.1, -0.05) is 48.7 Å². The van der Waals surface area contributed by atoms with Crippen molar-refractivity contribution in [1.29, 1.82) is 0 Å². The van der Waals surface area contributed by atoms with E-state index < -0.39 is 5.82 Å². The summed E-state index contributed by atoms with van der Waals surface area (Å²) in [5, 5.41) is 3.16. The molecular weight excluding hydrogens is 405 g/mol. The maximum absolute atomic E-state index is 13.5. The van der Waals surface area contributed by atoms with Crippen molar-refractivity contribution in [2.24, 2.45) is 5.92 Å². The highest BCUT2D eigenvalue weighted by atomic mass is 19.1. The number of hydrogen-bond donors (Lipinski definition) is 1. The SMILES string of the molecule is Cc1cccc(CNC(=O)C(C2CCCC2)N2CCN(C(=O)c3cccc(F)c3)CC2)c1. The van der Waals surface area contributed by atoms with Crippen LogP contribution in [0.5, 0.6) is 0 Å². The second-order valence-corrected chi connectivity index (χ2v) is 9.03. The Morgan fingerprint density at radius 1 is 1.03 bits per heavy atom. The van der Waals surface area contributed by atoms with Crippen LogP contribution in [0.25, 0.3) is 0 Å². The summed E-state index contributed by atoms with van der Waals surface area (Å²) in [7, 11) is 0. The zero-order chi connectivity index (χ0) is 22.5. The van der Waals surface area contributed by atoms with Gasteiger partial charge in [0.05, 0.1) is 6.04 Å². The number of amides is 2. The van der Waals surface area contributed by atoms with Gasteiger partial charge in [0.2, 0.25) is 5.91 Å². The van der Waals surface area contributed by atoms with Crippen LogP contribution in [0.2, 0.25) is 0 Å². The zero-order valence-electron chi connectivity index (χ0n) is 18.7. The third-order valence-electron chi connectivity index (χ3n) is 6.73. The maximum Gasteiger partial charge on any atom is 0.254 e. The van der Waals surface area contributed by atoms with Gasteiger partial charge in [0.1, 0.15) is 5.82 Å². The minimum absolute atomic E-state index is 0.0864. The van der Waals surface area contributed by atoms with E-state index >= 15 is 0 Å². The van der Waals surface area contributed by atoms with Crippen LogP contribution >= 0.6 is 0 Å². The minimum atomic E-state index is -0.402. The maximum atomic E-state index is 13.5. The monoisotopic (exact) mass is 437 g/mol. The number of carbonyl (C=O) groups is 2. The van der Waals surface area contributed by atoms with Crippen LogP contribution in [0.1, 0.15) is 47.2 Å². The lowest BCUT2D eigenvalue weighted by Gasteiger charge is -2.40. The topological polar surface area (TPSA) is 52.7 Å². The first-order chi connectivity index (χ1) is 15.5. The summed E-state index contributed by atoms with van der Waals surface area (Å²) in [5.41, 5.74) is 2.67. The molecule has 170 valence electrons. The van der Waals surface area contributed by atoms with Crippen molar-refractivity contribution < 1.29 is 14.0 Å². The van der Waals surface area contributed by atoms with Crippen molar-refractivity contribution in [1.82, 2.24) is 15.1 Å². The zero-order valence-corrected chi connectivity index (χ0v) is 18.7. The van der Waals surface area contributed by atoms with E-state index in [2.05, 4.69) is 29.3 Å². The molecule has 2 aliphatic rings. The summed E-state index contributed by atoms with van der Waals surface area (Å²) in [5.74, 6) is -0.104. The molecule has 1 aliphatic heterocycles. The number of piperazine rings is 1. The van der Waals surface area contributed by atoms with Crippen LogP contribution in [0.15, 0.2) is 48.5 Å². The van der Waals surface area contributed by atoms with Crippen molar-refractivity contribution in [3.63, 3.8) is 0 Å². The fourth-order valence-electron chi connectivity index (χ4n) is 5.07. The lowest BCUT2D eigenvalue weighted by molar-refractivity contribution is -0.129. The normalized spacial score (nSPS) is 18.5. The van der Waals surface area contributed by atoms with Gasteiger partial charge < -0.3 is 10.2 Å². The van der Waals surface area contributed by atoms with E-state index in [0.717, 1.165) is 18.4 Å². The highest BCUT2D eigenvalue weighted by Gasteiger charge is 2.37. The number of rotatable bonds is 6. The van der Waals surface area contributed by atoms with Crippen LogP contribution in [-0.4, -0.2) is 53.8 Å². The first-order valence-electron chi connectivity index (χ1n) is 11.6. The predicted molar refractivity (Wildman–Crippen MR) is 123 cm³/mol. The molecule has 2 aromatic carbocycles. The molecule has 1 atom stereocenters. The Labute approximate surface area is 189 Å². The molecule has 0 radical (unpaired) electrons. The van der Waals surface area contributed by atoms with Gasteiger partial charge in [-0.2, -0.15) is 0 Å². The quantitative estimate of drug-likeness (QED) is 0.749. The van der Waals surface area contributed by atoms with Crippen LogP contribution in [0.4, 0.5) is 4.39 Å². The molecule has 1 saturated carbocycles. The van der Waals surface area contributed by atoms with E-state index in [9.17, 15) is 14.0 Å². The van der Waals surface area contributed by atoms with Crippen molar-refractivity contribution in [3.8, 4) is 0 Å². The Kier molecular flexibility index (Phi) is 7.20. The molecule has 2 aromatic rings. The molecule has 0 spiro atoms. The molecule has 1 aliphatic carbocycles. The Morgan fingerprint density at radius 2 is 1.75 bits per heavy atom. The van der Waals surface area contributed by atoms with Gasteiger partial charge in [-0.25, -0.2) is 4.39 Å². The molecule has 0 bridgehead atoms. The number of halogens is 1. The average molecular weight is 438 g/mol. The third kappa shape index (κ3) is 5.36. The summed E-state index contributed by atoms with van der Waals surface area (Å²) in [6.45, 7) is 4.98. The van der Waals surface area contributed by atoms with E-state index in [1.165, 1.54) is 30.5 Å². The summed E-state index contributed by atoms with van der Waals surface area (Å²) in [6.07, 6.45) is 4.49. The van der Waals surface area contributed by atoms with E-state index in [1.807, 2.05) is 12.1 Å². The molecule has 2 amide bonds. The first kappa shape index (κ1) is 22.5. The standard InChI is InChI=1S/C26H32FN3O2/c1-19-6-4-7-20(16-19)18-28-25(31)24(21-8-2-3-9-21)29-12-14-30(15-13-29)26(32)22-10-5-11-23(27)17-22/h4-7,10-11,16-17,21,24H,2-3,8-9,12-15,18H2,1H3,(H,28,31). The Morgan fingerprint density at radius 3 is 2.44 bits per heavy atom. The van der Waals surface area contributed by atoms with Gasteiger partial charge in [-0.05, 0) is 49.4 Å². The summed E-state index contributed by atoms with van der Waals surface area (Å²) in [4.78, 5) is 30.1. The fraction of sp³-hybridized carbons (Fsp3) is 0.462. The number of benzene rings is 2. The number of carbonyl (C=O) groups excluding carboxylic acids is 2. The second-order valence-electron chi connectivity index (χ2n) is 9.03. The highest BCUT2D eigenvalue weighted by molar-refractivity contribution is 5.94. The second kappa shape index (κ2) is 10.3. The van der Waals surface area contributed by atoms with E-state index in [0.29, 0.717) is 44.2 Å². The van der Waals surface area contributed by atoms with E-state index in [1.54, 1.807) is 17.0 Å². The molecule has 1 N–H and O–H groups in total. The summed E-state index contributed by atoms with van der Waals surface area (Å²) in [6, 6.07) is 13.9.